The molecule has 0 fully saturated rings. The van der Waals surface area contributed by atoms with Crippen molar-refractivity contribution in [1.29, 1.82) is 5.26 Å². The number of rotatable bonds is 6. The monoisotopic (exact) mass is 376 g/mol. The molecule has 2 aromatic heterocycles. The zero-order chi connectivity index (χ0) is 17.8. The van der Waals surface area contributed by atoms with E-state index in [1.807, 2.05) is 0 Å². The molecule has 9 heteroatoms. The first-order valence-corrected chi connectivity index (χ1v) is 9.47. The first-order chi connectivity index (χ1) is 12.1. The maximum absolute atomic E-state index is 12.2. The molecule has 0 saturated carbocycles. The van der Waals surface area contributed by atoms with E-state index < -0.39 is 0 Å². The number of methoxy groups -OCH3 is 1. The molecule has 2 N–H and O–H groups in total. The van der Waals surface area contributed by atoms with Crippen molar-refractivity contribution in [2.75, 3.05) is 18.2 Å². The van der Waals surface area contributed by atoms with Gasteiger partial charge in [-0.25, -0.2) is 4.98 Å². The molecular weight excluding hydrogens is 360 g/mol. The Balaban J connectivity index is 1.64. The highest BCUT2D eigenvalue weighted by atomic mass is 32.2. The predicted molar refractivity (Wildman–Crippen MR) is 96.0 cm³/mol. The number of nitrogens with zero attached hydrogens (tertiary/aromatic N) is 2. The topological polar surface area (TPSA) is 108 Å². The van der Waals surface area contributed by atoms with Crippen molar-refractivity contribution >= 4 is 34.0 Å². The summed E-state index contributed by atoms with van der Waals surface area (Å²) in [5.74, 6) is -0.145. The minimum Gasteiger partial charge on any atom is -0.378 e. The van der Waals surface area contributed by atoms with Crippen LogP contribution in [0.15, 0.2) is 16.0 Å². The number of fused-ring (bicyclic) bond motifs is 1. The van der Waals surface area contributed by atoms with Crippen LogP contribution >= 0.6 is 23.1 Å². The van der Waals surface area contributed by atoms with Crippen molar-refractivity contribution in [2.45, 2.75) is 31.0 Å². The number of ether oxygens (including phenoxy) is 1. The number of hydrogen-bond donors (Lipinski definition) is 2. The lowest BCUT2D eigenvalue weighted by Crippen LogP contribution is -2.16. The molecule has 1 amide bonds. The minimum absolute atomic E-state index is 0.0901. The first kappa shape index (κ1) is 17.7. The van der Waals surface area contributed by atoms with Gasteiger partial charge >= 0.3 is 0 Å². The molecule has 0 aromatic carbocycles. The quantitative estimate of drug-likeness (QED) is 0.590. The maximum atomic E-state index is 12.2. The zero-order valence-corrected chi connectivity index (χ0v) is 15.2. The van der Waals surface area contributed by atoms with Crippen LogP contribution in [0.4, 0.5) is 5.00 Å². The Morgan fingerprint density at radius 1 is 1.56 bits per heavy atom. The molecule has 0 saturated heterocycles. The normalized spacial score (nSPS) is 12.6. The second-order valence-electron chi connectivity index (χ2n) is 5.49. The summed E-state index contributed by atoms with van der Waals surface area (Å²) in [5, 5.41) is 13.1. The van der Waals surface area contributed by atoms with Crippen LogP contribution in [0, 0.1) is 11.3 Å². The Bertz CT molecular complexity index is 898. The van der Waals surface area contributed by atoms with Crippen molar-refractivity contribution in [3.63, 3.8) is 0 Å². The average Bonchev–Trinajstić information content (AvgIpc) is 3.13. The molecule has 0 spiro atoms. The van der Waals surface area contributed by atoms with E-state index in [4.69, 9.17) is 4.74 Å². The number of thioether (sulfide) groups is 1. The number of carbonyl (C=O) groups is 1. The number of nitriles is 1. The third-order valence-electron chi connectivity index (χ3n) is 3.69. The van der Waals surface area contributed by atoms with Crippen LogP contribution in [0.1, 0.15) is 28.1 Å². The molecule has 0 bridgehead atoms. The van der Waals surface area contributed by atoms with Gasteiger partial charge < -0.3 is 15.0 Å². The smallest absolute Gasteiger partial charge is 0.251 e. The van der Waals surface area contributed by atoms with Gasteiger partial charge in [0.1, 0.15) is 11.1 Å². The number of carbonyl (C=O) groups excluding carboxylic acids is 1. The molecule has 7 nitrogen and oxygen atoms in total. The fourth-order valence-corrected chi connectivity index (χ4v) is 4.63. The number of amides is 1. The van der Waals surface area contributed by atoms with Crippen LogP contribution < -0.4 is 10.9 Å². The Hall–Kier alpha value is -2.15. The highest BCUT2D eigenvalue weighted by Gasteiger charge is 2.23. The van der Waals surface area contributed by atoms with Crippen molar-refractivity contribution in [3.8, 4) is 6.07 Å². The van der Waals surface area contributed by atoms with E-state index in [-0.39, 0.29) is 23.8 Å². The fourth-order valence-electron chi connectivity index (χ4n) is 2.68. The Kier molecular flexibility index (Phi) is 5.53. The highest BCUT2D eigenvalue weighted by molar-refractivity contribution is 7.99. The highest BCUT2D eigenvalue weighted by Crippen LogP contribution is 2.38. The van der Waals surface area contributed by atoms with Gasteiger partial charge in [0, 0.05) is 18.1 Å². The van der Waals surface area contributed by atoms with Crippen molar-refractivity contribution in [1.82, 2.24) is 9.97 Å². The lowest BCUT2D eigenvalue weighted by atomic mass is 10.1. The summed E-state index contributed by atoms with van der Waals surface area (Å²) >= 11 is 2.61. The Morgan fingerprint density at radius 2 is 2.40 bits per heavy atom. The van der Waals surface area contributed by atoms with Gasteiger partial charge in [-0.05, 0) is 24.8 Å². The third-order valence-corrected chi connectivity index (χ3v) is 5.77. The maximum Gasteiger partial charge on any atom is 0.251 e. The van der Waals surface area contributed by atoms with E-state index in [0.29, 0.717) is 21.4 Å². The van der Waals surface area contributed by atoms with Crippen molar-refractivity contribution in [3.05, 3.63) is 38.1 Å². The van der Waals surface area contributed by atoms with Gasteiger partial charge in [-0.15, -0.1) is 11.3 Å². The van der Waals surface area contributed by atoms with Crippen LogP contribution in [0.25, 0.3) is 0 Å². The molecule has 130 valence electrons. The number of nitrogens with one attached hydrogen (secondary N) is 2. The first-order valence-electron chi connectivity index (χ1n) is 7.67. The van der Waals surface area contributed by atoms with Crippen LogP contribution in [0.3, 0.4) is 0 Å². The number of H-pyrrole nitrogens is 1. The van der Waals surface area contributed by atoms with Gasteiger partial charge in [0.05, 0.1) is 23.6 Å². The number of aromatic amines is 1. The van der Waals surface area contributed by atoms with Gasteiger partial charge in [0.25, 0.3) is 5.56 Å². The number of aromatic nitrogens is 2. The van der Waals surface area contributed by atoms with E-state index in [2.05, 4.69) is 21.4 Å². The average molecular weight is 376 g/mol. The summed E-state index contributed by atoms with van der Waals surface area (Å²) in [7, 11) is 1.52. The number of thiophene rings is 1. The molecule has 2 aromatic rings. The number of aryl methyl sites for hydroxylation is 1. The van der Waals surface area contributed by atoms with E-state index in [9.17, 15) is 14.9 Å². The van der Waals surface area contributed by atoms with Gasteiger partial charge in [-0.3, -0.25) is 9.59 Å². The van der Waals surface area contributed by atoms with E-state index in [1.54, 1.807) is 0 Å². The number of anilines is 1. The van der Waals surface area contributed by atoms with Gasteiger partial charge in [0.15, 0.2) is 5.16 Å². The van der Waals surface area contributed by atoms with Crippen molar-refractivity contribution in [2.24, 2.45) is 0 Å². The second kappa shape index (κ2) is 7.82. The van der Waals surface area contributed by atoms with Crippen LogP contribution in [0.2, 0.25) is 0 Å². The molecule has 0 radical (unpaired) electrons. The van der Waals surface area contributed by atoms with E-state index in [1.165, 1.54) is 29.4 Å². The van der Waals surface area contributed by atoms with Crippen molar-refractivity contribution < 1.29 is 9.53 Å². The Labute approximate surface area is 152 Å². The lowest BCUT2D eigenvalue weighted by Gasteiger charge is -2.05. The van der Waals surface area contributed by atoms with Gasteiger partial charge in [-0.1, -0.05) is 11.8 Å². The molecule has 2 heterocycles. The van der Waals surface area contributed by atoms with E-state index >= 15 is 0 Å². The van der Waals surface area contributed by atoms with E-state index in [0.717, 1.165) is 36.6 Å². The molecule has 25 heavy (non-hydrogen) atoms. The summed E-state index contributed by atoms with van der Waals surface area (Å²) in [6, 6.07) is 3.56. The standard InChI is InChI=1S/C16H16N4O3S2/c1-23-7-9-5-13(21)20-16(18-9)24-8-14(22)19-15-11(6-17)10-3-2-4-12(10)25-15/h5H,2-4,7-8H2,1H3,(H,19,22)(H,18,20,21). The third kappa shape index (κ3) is 4.10. The molecule has 1 aliphatic carbocycles. The lowest BCUT2D eigenvalue weighted by molar-refractivity contribution is -0.113. The summed E-state index contributed by atoms with van der Waals surface area (Å²) in [6.45, 7) is 0.232. The summed E-state index contributed by atoms with van der Waals surface area (Å²) < 4.78 is 4.96. The fraction of sp³-hybridized carbons (Fsp3) is 0.375. The largest absolute Gasteiger partial charge is 0.378 e. The van der Waals surface area contributed by atoms with Crippen LogP contribution in [-0.4, -0.2) is 28.7 Å². The van der Waals surface area contributed by atoms with Gasteiger partial charge in [-0.2, -0.15) is 5.26 Å². The molecule has 3 rings (SSSR count). The van der Waals surface area contributed by atoms with Gasteiger partial charge in [0.2, 0.25) is 5.91 Å². The van der Waals surface area contributed by atoms with Crippen LogP contribution in [-0.2, 0) is 29.0 Å². The molecule has 0 aliphatic heterocycles. The summed E-state index contributed by atoms with van der Waals surface area (Å²) in [4.78, 5) is 31.8. The molecule has 0 atom stereocenters. The Morgan fingerprint density at radius 3 is 3.16 bits per heavy atom. The minimum atomic E-state index is -0.286. The summed E-state index contributed by atoms with van der Waals surface area (Å²) in [6.07, 6.45) is 2.93. The molecule has 0 unspecified atom stereocenters. The zero-order valence-electron chi connectivity index (χ0n) is 13.5. The molecular formula is C16H16N4O3S2. The SMILES string of the molecule is COCc1cc(=O)[nH]c(SCC(=O)Nc2sc3c(c2C#N)CCC3)n1. The predicted octanol–water partition coefficient (Wildman–Crippen LogP) is 2.07. The molecule has 1 aliphatic rings. The second-order valence-corrected chi connectivity index (χ2v) is 7.55. The van der Waals surface area contributed by atoms with Crippen LogP contribution in [0.5, 0.6) is 0 Å². The number of hydrogen-bond acceptors (Lipinski definition) is 7. The summed E-state index contributed by atoms with van der Waals surface area (Å²) in [5.41, 5.74) is 1.89.